The highest BCUT2D eigenvalue weighted by Gasteiger charge is 2.28. The van der Waals surface area contributed by atoms with Gasteiger partial charge >= 0.3 is 6.09 Å². The third-order valence-electron chi connectivity index (χ3n) is 5.87. The Bertz CT molecular complexity index is 1010. The van der Waals surface area contributed by atoms with Gasteiger partial charge in [-0.3, -0.25) is 14.7 Å². The zero-order valence-corrected chi connectivity index (χ0v) is 22.0. The Balaban J connectivity index is 1.71. The highest BCUT2D eigenvalue weighted by Crippen LogP contribution is 2.28. The SMILES string of the molecule is CC(C)(C)OC(=O)N(CCOc1cc(Cl)cc(C(=O)N(CCCO)C2CCCC2)c1)c1ccncc1. The lowest BCUT2D eigenvalue weighted by Gasteiger charge is -2.29. The number of aromatic nitrogens is 1. The molecule has 2 aromatic rings. The summed E-state index contributed by atoms with van der Waals surface area (Å²) in [5.74, 6) is 0.327. The Morgan fingerprint density at radius 3 is 2.44 bits per heavy atom. The summed E-state index contributed by atoms with van der Waals surface area (Å²) >= 11 is 6.34. The predicted molar refractivity (Wildman–Crippen MR) is 140 cm³/mol. The van der Waals surface area contributed by atoms with Crippen LogP contribution in [-0.2, 0) is 4.74 Å². The molecule has 196 valence electrons. The van der Waals surface area contributed by atoms with Crippen molar-refractivity contribution in [3.05, 3.63) is 53.3 Å². The third-order valence-corrected chi connectivity index (χ3v) is 6.09. The van der Waals surface area contributed by atoms with Gasteiger partial charge in [-0.2, -0.15) is 0 Å². The van der Waals surface area contributed by atoms with Gasteiger partial charge in [0.15, 0.2) is 0 Å². The fraction of sp³-hybridized carbons (Fsp3) is 0.519. The van der Waals surface area contributed by atoms with Gasteiger partial charge in [-0.1, -0.05) is 24.4 Å². The number of aliphatic hydroxyl groups excluding tert-OH is 1. The zero-order valence-electron chi connectivity index (χ0n) is 21.3. The second-order valence-corrected chi connectivity index (χ2v) is 10.3. The van der Waals surface area contributed by atoms with Gasteiger partial charge < -0.3 is 19.5 Å². The van der Waals surface area contributed by atoms with Gasteiger partial charge in [-0.05, 0) is 70.4 Å². The molecule has 1 saturated carbocycles. The van der Waals surface area contributed by atoms with Gasteiger partial charge in [0.2, 0.25) is 0 Å². The Hall–Kier alpha value is -2.84. The average Bonchev–Trinajstić information content (AvgIpc) is 3.35. The van der Waals surface area contributed by atoms with Crippen LogP contribution in [0.5, 0.6) is 5.75 Å². The molecule has 1 heterocycles. The highest BCUT2D eigenvalue weighted by atomic mass is 35.5. The van der Waals surface area contributed by atoms with Crippen LogP contribution >= 0.6 is 11.6 Å². The maximum Gasteiger partial charge on any atom is 0.414 e. The third kappa shape index (κ3) is 8.10. The van der Waals surface area contributed by atoms with Crippen LogP contribution in [0.3, 0.4) is 0 Å². The second-order valence-electron chi connectivity index (χ2n) is 9.88. The number of aliphatic hydroxyl groups is 1. The van der Waals surface area contributed by atoms with Crippen molar-refractivity contribution in [1.29, 1.82) is 0 Å². The monoisotopic (exact) mass is 517 g/mol. The van der Waals surface area contributed by atoms with Crippen LogP contribution in [0.1, 0.15) is 63.2 Å². The molecule has 36 heavy (non-hydrogen) atoms. The van der Waals surface area contributed by atoms with Crippen LogP contribution in [0.25, 0.3) is 0 Å². The van der Waals surface area contributed by atoms with Crippen molar-refractivity contribution in [3.8, 4) is 5.75 Å². The molecule has 8 nitrogen and oxygen atoms in total. The van der Waals surface area contributed by atoms with Crippen LogP contribution < -0.4 is 9.64 Å². The predicted octanol–water partition coefficient (Wildman–Crippen LogP) is 5.32. The van der Waals surface area contributed by atoms with Crippen molar-refractivity contribution in [2.75, 3.05) is 31.2 Å². The van der Waals surface area contributed by atoms with Crippen LogP contribution in [0, 0.1) is 0 Å². The van der Waals surface area contributed by atoms with Gasteiger partial charge in [-0.15, -0.1) is 0 Å². The summed E-state index contributed by atoms with van der Waals surface area (Å²) in [6.45, 7) is 6.35. The van der Waals surface area contributed by atoms with Gasteiger partial charge in [0.1, 0.15) is 18.0 Å². The fourth-order valence-electron chi connectivity index (χ4n) is 4.26. The first-order valence-corrected chi connectivity index (χ1v) is 12.8. The van der Waals surface area contributed by atoms with Crippen molar-refractivity contribution in [2.45, 2.75) is 64.5 Å². The van der Waals surface area contributed by atoms with E-state index in [9.17, 15) is 14.7 Å². The van der Waals surface area contributed by atoms with Crippen LogP contribution in [0.2, 0.25) is 5.02 Å². The smallest absolute Gasteiger partial charge is 0.414 e. The summed E-state index contributed by atoms with van der Waals surface area (Å²) < 4.78 is 11.5. The highest BCUT2D eigenvalue weighted by molar-refractivity contribution is 6.31. The van der Waals surface area contributed by atoms with E-state index in [2.05, 4.69) is 4.98 Å². The summed E-state index contributed by atoms with van der Waals surface area (Å²) in [6, 6.07) is 8.60. The lowest BCUT2D eigenvalue weighted by Crippen LogP contribution is -2.40. The maximum absolute atomic E-state index is 13.4. The lowest BCUT2D eigenvalue weighted by atomic mass is 10.1. The largest absolute Gasteiger partial charge is 0.492 e. The standard InChI is InChI=1S/C27H36ClN3O5/c1-27(2,3)36-26(34)31(23-9-11-29-12-10-23)14-16-35-24-18-20(17-21(28)19-24)25(33)30(13-6-15-32)22-7-4-5-8-22/h9-12,17-19,22,32H,4-8,13-16H2,1-3H3. The quantitative estimate of drug-likeness (QED) is 0.458. The maximum atomic E-state index is 13.4. The minimum atomic E-state index is -0.646. The van der Waals surface area contributed by atoms with Crippen LogP contribution in [0.4, 0.5) is 10.5 Å². The number of amides is 2. The van der Waals surface area contributed by atoms with E-state index in [0.29, 0.717) is 35.0 Å². The van der Waals surface area contributed by atoms with Gasteiger partial charge in [0, 0.05) is 42.2 Å². The molecule has 1 N–H and O–H groups in total. The van der Waals surface area contributed by atoms with Crippen molar-refractivity contribution < 1.29 is 24.2 Å². The number of carbonyl (C=O) groups excluding carboxylic acids is 2. The Morgan fingerprint density at radius 1 is 1.11 bits per heavy atom. The topological polar surface area (TPSA) is 92.2 Å². The number of pyridine rings is 1. The van der Waals surface area contributed by atoms with Crippen molar-refractivity contribution in [1.82, 2.24) is 9.88 Å². The molecule has 1 aliphatic carbocycles. The van der Waals surface area contributed by atoms with E-state index >= 15 is 0 Å². The number of benzene rings is 1. The number of nitrogens with zero attached hydrogens (tertiary/aromatic N) is 3. The summed E-state index contributed by atoms with van der Waals surface area (Å²) in [5, 5.41) is 9.70. The van der Waals surface area contributed by atoms with Gasteiger partial charge in [0.25, 0.3) is 5.91 Å². The average molecular weight is 518 g/mol. The molecular formula is C27H36ClN3O5. The van der Waals surface area contributed by atoms with Gasteiger partial charge in [0.05, 0.1) is 12.2 Å². The van der Waals surface area contributed by atoms with E-state index < -0.39 is 11.7 Å². The van der Waals surface area contributed by atoms with Crippen LogP contribution in [-0.4, -0.2) is 64.9 Å². The molecule has 0 aliphatic heterocycles. The number of ether oxygens (including phenoxy) is 2. The summed E-state index contributed by atoms with van der Waals surface area (Å²) in [4.78, 5) is 33.6. The number of rotatable bonds is 10. The molecule has 0 atom stereocenters. The summed E-state index contributed by atoms with van der Waals surface area (Å²) in [7, 11) is 0. The Kier molecular flexibility index (Phi) is 9.96. The van der Waals surface area contributed by atoms with Crippen molar-refractivity contribution in [2.24, 2.45) is 0 Å². The van der Waals surface area contributed by atoms with E-state index in [-0.39, 0.29) is 31.7 Å². The number of halogens is 1. The van der Waals surface area contributed by atoms with E-state index in [1.54, 1.807) is 42.7 Å². The summed E-state index contributed by atoms with van der Waals surface area (Å²) in [6.07, 6.45) is 7.39. The van der Waals surface area contributed by atoms with Crippen molar-refractivity contribution >= 4 is 29.3 Å². The molecule has 1 aromatic heterocycles. The van der Waals surface area contributed by atoms with Crippen molar-refractivity contribution in [3.63, 3.8) is 0 Å². The normalized spacial score (nSPS) is 13.9. The molecule has 0 unspecified atom stereocenters. The Morgan fingerprint density at radius 2 is 1.81 bits per heavy atom. The minimum absolute atomic E-state index is 0.0338. The van der Waals surface area contributed by atoms with Crippen LogP contribution in [0.15, 0.2) is 42.7 Å². The molecule has 0 spiro atoms. The molecule has 0 saturated heterocycles. The number of hydrogen-bond acceptors (Lipinski definition) is 6. The molecule has 2 amide bonds. The first kappa shape index (κ1) is 27.7. The molecular weight excluding hydrogens is 482 g/mol. The minimum Gasteiger partial charge on any atom is -0.492 e. The Labute approximate surface area is 218 Å². The molecule has 0 radical (unpaired) electrons. The molecule has 9 heteroatoms. The van der Waals surface area contributed by atoms with Gasteiger partial charge in [-0.25, -0.2) is 4.79 Å². The molecule has 3 rings (SSSR count). The van der Waals surface area contributed by atoms with E-state index in [1.807, 2.05) is 25.7 Å². The second kappa shape index (κ2) is 12.9. The molecule has 1 aliphatic rings. The summed E-state index contributed by atoms with van der Waals surface area (Å²) in [5.41, 5.74) is 0.438. The van der Waals surface area contributed by atoms with E-state index in [4.69, 9.17) is 21.1 Å². The zero-order chi connectivity index (χ0) is 26.1. The molecule has 1 aromatic carbocycles. The number of anilines is 1. The molecule has 0 bridgehead atoms. The number of hydrogen-bond donors (Lipinski definition) is 1. The number of carbonyl (C=O) groups is 2. The fourth-order valence-corrected chi connectivity index (χ4v) is 4.49. The molecule has 1 fully saturated rings. The first-order valence-electron chi connectivity index (χ1n) is 12.4. The lowest BCUT2D eigenvalue weighted by molar-refractivity contribution is 0.0574. The van der Waals surface area contributed by atoms with E-state index in [0.717, 1.165) is 25.7 Å². The first-order chi connectivity index (χ1) is 17.2. The van der Waals surface area contributed by atoms with E-state index in [1.165, 1.54) is 4.90 Å².